The van der Waals surface area contributed by atoms with Gasteiger partial charge in [-0.3, -0.25) is 4.79 Å². The lowest BCUT2D eigenvalue weighted by atomic mass is 10.1. The molecule has 6 heteroatoms. The molecule has 0 aliphatic heterocycles. The average molecular weight is 360 g/mol. The summed E-state index contributed by atoms with van der Waals surface area (Å²) in [5, 5.41) is 2.79. The molecule has 1 N–H and O–H groups in total. The van der Waals surface area contributed by atoms with E-state index in [2.05, 4.69) is 29.4 Å². The highest BCUT2D eigenvalue weighted by Gasteiger charge is 2.13. The number of hydrogen-bond acceptors (Lipinski definition) is 5. The van der Waals surface area contributed by atoms with Gasteiger partial charge >= 0.3 is 0 Å². The van der Waals surface area contributed by atoms with Gasteiger partial charge in [-0.2, -0.15) is 0 Å². The maximum atomic E-state index is 11.9. The molecule has 0 bridgehead atoms. The fraction of sp³-hybridized carbons (Fsp3) is 0.500. The Morgan fingerprint density at radius 2 is 1.92 bits per heavy atom. The quantitative estimate of drug-likeness (QED) is 0.658. The number of hydrogen-bond donors (Lipinski definition) is 1. The molecule has 0 aliphatic rings. The van der Waals surface area contributed by atoms with Crippen molar-refractivity contribution in [3.63, 3.8) is 0 Å². The number of benzene rings is 1. The summed E-state index contributed by atoms with van der Waals surface area (Å²) in [5.41, 5.74) is 3.16. The number of ether oxygens (including phenoxy) is 2. The molecule has 1 aromatic carbocycles. The number of carbonyl (C=O) groups is 1. The molecule has 0 fully saturated rings. The molecule has 6 nitrogen and oxygen atoms in total. The maximum Gasteiger partial charge on any atom is 0.226 e. The zero-order valence-corrected chi connectivity index (χ0v) is 16.0. The fourth-order valence-electron chi connectivity index (χ4n) is 2.63. The van der Waals surface area contributed by atoms with Crippen LogP contribution in [0.5, 0.6) is 0 Å². The molecular weight excluding hydrogens is 332 g/mol. The lowest BCUT2D eigenvalue weighted by Gasteiger charge is -2.13. The van der Waals surface area contributed by atoms with E-state index in [1.807, 2.05) is 19.1 Å². The zero-order valence-electron chi connectivity index (χ0n) is 16.0. The molecule has 1 aromatic heterocycles. The van der Waals surface area contributed by atoms with Crippen LogP contribution in [0.25, 0.3) is 11.5 Å². The lowest BCUT2D eigenvalue weighted by molar-refractivity contribution is -0.127. The Labute approximate surface area is 154 Å². The molecule has 142 valence electrons. The van der Waals surface area contributed by atoms with Gasteiger partial charge in [0.2, 0.25) is 11.8 Å². The van der Waals surface area contributed by atoms with Crippen molar-refractivity contribution in [1.29, 1.82) is 0 Å². The van der Waals surface area contributed by atoms with Crippen LogP contribution in [0.15, 0.2) is 28.7 Å². The largest absolute Gasteiger partial charge is 0.441 e. The van der Waals surface area contributed by atoms with Gasteiger partial charge in [-0.25, -0.2) is 4.98 Å². The molecular formula is C20H28N2O4. The van der Waals surface area contributed by atoms with E-state index in [9.17, 15) is 4.79 Å². The number of oxazole rings is 1. The zero-order chi connectivity index (χ0) is 18.9. The van der Waals surface area contributed by atoms with E-state index >= 15 is 0 Å². The minimum Gasteiger partial charge on any atom is -0.441 e. The second kappa shape index (κ2) is 10.1. The number of methoxy groups -OCH3 is 2. The van der Waals surface area contributed by atoms with Crippen molar-refractivity contribution in [2.45, 2.75) is 45.8 Å². The summed E-state index contributed by atoms with van der Waals surface area (Å²) in [6.07, 6.45) is 2.42. The molecule has 0 radical (unpaired) electrons. The molecule has 2 aromatic rings. The van der Waals surface area contributed by atoms with E-state index in [4.69, 9.17) is 13.9 Å². The Morgan fingerprint density at radius 3 is 2.54 bits per heavy atom. The van der Waals surface area contributed by atoms with Crippen molar-refractivity contribution in [2.24, 2.45) is 0 Å². The normalized spacial score (nSPS) is 11.1. The number of nitrogens with one attached hydrogen (secondary N) is 1. The Balaban J connectivity index is 1.84. The van der Waals surface area contributed by atoms with E-state index in [0.29, 0.717) is 31.7 Å². The summed E-state index contributed by atoms with van der Waals surface area (Å²) in [6, 6.07) is 8.24. The molecule has 0 saturated heterocycles. The summed E-state index contributed by atoms with van der Waals surface area (Å²) in [7, 11) is 3.09. The van der Waals surface area contributed by atoms with Gasteiger partial charge in [-0.15, -0.1) is 0 Å². The van der Waals surface area contributed by atoms with Gasteiger partial charge in [-0.05, 0) is 43.9 Å². The van der Waals surface area contributed by atoms with Crippen molar-refractivity contribution in [1.82, 2.24) is 10.3 Å². The van der Waals surface area contributed by atoms with Gasteiger partial charge in [-0.1, -0.05) is 19.1 Å². The van der Waals surface area contributed by atoms with Gasteiger partial charge in [0.05, 0.1) is 12.2 Å². The fourth-order valence-corrected chi connectivity index (χ4v) is 2.63. The first kappa shape index (κ1) is 20.1. The van der Waals surface area contributed by atoms with Crippen LogP contribution in [0.2, 0.25) is 0 Å². The minimum absolute atomic E-state index is 0.0272. The summed E-state index contributed by atoms with van der Waals surface area (Å²) in [4.78, 5) is 16.5. The first-order valence-electron chi connectivity index (χ1n) is 8.95. The van der Waals surface area contributed by atoms with Crippen LogP contribution in [0.3, 0.4) is 0 Å². The van der Waals surface area contributed by atoms with Crippen molar-refractivity contribution in [3.8, 4) is 11.5 Å². The third kappa shape index (κ3) is 5.68. The number of nitrogens with zero attached hydrogens (tertiary/aromatic N) is 1. The predicted octanol–water partition coefficient (Wildman–Crippen LogP) is 3.27. The van der Waals surface area contributed by atoms with Crippen LogP contribution in [0.4, 0.5) is 0 Å². The smallest absolute Gasteiger partial charge is 0.226 e. The molecule has 0 unspecified atom stereocenters. The number of aromatic nitrogens is 1. The highest BCUT2D eigenvalue weighted by atomic mass is 16.7. The summed E-state index contributed by atoms with van der Waals surface area (Å²) in [5.74, 6) is 1.41. The van der Waals surface area contributed by atoms with Crippen molar-refractivity contribution < 1.29 is 18.7 Å². The molecule has 0 aliphatic carbocycles. The van der Waals surface area contributed by atoms with Crippen LogP contribution in [-0.2, 0) is 27.1 Å². The minimum atomic E-state index is -0.418. The van der Waals surface area contributed by atoms with Crippen LogP contribution in [0, 0.1) is 6.92 Å². The van der Waals surface area contributed by atoms with Crippen molar-refractivity contribution >= 4 is 5.91 Å². The Hall–Kier alpha value is -2.18. The summed E-state index contributed by atoms with van der Waals surface area (Å²) >= 11 is 0. The second-order valence-corrected chi connectivity index (χ2v) is 6.13. The molecule has 0 saturated carbocycles. The predicted molar refractivity (Wildman–Crippen MR) is 99.8 cm³/mol. The van der Waals surface area contributed by atoms with Crippen LogP contribution in [-0.4, -0.2) is 37.9 Å². The van der Waals surface area contributed by atoms with E-state index in [1.165, 1.54) is 5.56 Å². The third-order valence-corrected chi connectivity index (χ3v) is 4.31. The van der Waals surface area contributed by atoms with Crippen molar-refractivity contribution in [3.05, 3.63) is 41.3 Å². The van der Waals surface area contributed by atoms with Gasteiger partial charge in [0.1, 0.15) is 5.76 Å². The second-order valence-electron chi connectivity index (χ2n) is 6.13. The van der Waals surface area contributed by atoms with E-state index in [1.54, 1.807) is 14.2 Å². The summed E-state index contributed by atoms with van der Waals surface area (Å²) < 4.78 is 15.9. The maximum absolute atomic E-state index is 11.9. The van der Waals surface area contributed by atoms with Crippen LogP contribution >= 0.6 is 0 Å². The van der Waals surface area contributed by atoms with E-state index in [-0.39, 0.29) is 5.91 Å². The topological polar surface area (TPSA) is 73.6 Å². The molecule has 0 atom stereocenters. The van der Waals surface area contributed by atoms with E-state index in [0.717, 1.165) is 23.4 Å². The first-order chi connectivity index (χ1) is 12.6. The number of rotatable bonds is 10. The number of aryl methyl sites for hydroxylation is 3. The standard InChI is InChI=1S/C20H28N2O4/c1-5-15-9-11-16(12-10-15)20-22-17(14(2)26-20)7-6-8-18(23)21-13-19(24-3)25-4/h9-12,19H,5-8,13H2,1-4H3,(H,21,23). The number of carbonyl (C=O) groups excluding carboxylic acids is 1. The molecule has 1 heterocycles. The van der Waals surface area contributed by atoms with Gasteiger partial charge in [0.15, 0.2) is 6.29 Å². The molecule has 0 spiro atoms. The Morgan fingerprint density at radius 1 is 1.23 bits per heavy atom. The number of amides is 1. The van der Waals surface area contributed by atoms with Gasteiger partial charge < -0.3 is 19.2 Å². The highest BCUT2D eigenvalue weighted by Crippen LogP contribution is 2.23. The Bertz CT molecular complexity index is 690. The lowest BCUT2D eigenvalue weighted by Crippen LogP contribution is -2.34. The monoisotopic (exact) mass is 360 g/mol. The van der Waals surface area contributed by atoms with Crippen LogP contribution in [0.1, 0.15) is 36.8 Å². The van der Waals surface area contributed by atoms with Gasteiger partial charge in [0, 0.05) is 26.2 Å². The highest BCUT2D eigenvalue weighted by molar-refractivity contribution is 5.75. The molecule has 2 rings (SSSR count). The SMILES string of the molecule is CCc1ccc(-c2nc(CCCC(=O)NCC(OC)OC)c(C)o2)cc1. The average Bonchev–Trinajstić information content (AvgIpc) is 3.03. The van der Waals surface area contributed by atoms with Crippen molar-refractivity contribution in [2.75, 3.05) is 20.8 Å². The Kier molecular flexibility index (Phi) is 7.81. The summed E-state index contributed by atoms with van der Waals surface area (Å²) in [6.45, 7) is 4.38. The molecule has 26 heavy (non-hydrogen) atoms. The molecule has 1 amide bonds. The third-order valence-electron chi connectivity index (χ3n) is 4.31. The van der Waals surface area contributed by atoms with E-state index < -0.39 is 6.29 Å². The van der Waals surface area contributed by atoms with Crippen LogP contribution < -0.4 is 5.32 Å². The van der Waals surface area contributed by atoms with Gasteiger partial charge in [0.25, 0.3) is 0 Å². The first-order valence-corrected chi connectivity index (χ1v) is 8.95.